The number of carbonyl (C=O) groups is 2. The van der Waals surface area contributed by atoms with E-state index in [0.29, 0.717) is 17.1 Å². The lowest BCUT2D eigenvalue weighted by molar-refractivity contribution is -0.192. The maximum atomic E-state index is 11.7. The Hall–Kier alpha value is -2.99. The van der Waals surface area contributed by atoms with Crippen molar-refractivity contribution in [2.45, 2.75) is 6.18 Å². The van der Waals surface area contributed by atoms with Crippen molar-refractivity contribution in [2.24, 2.45) is 0 Å². The monoisotopic (exact) mass is 461 g/mol. The number of hydrogen-bond donors (Lipinski definition) is 3. The van der Waals surface area contributed by atoms with Gasteiger partial charge >= 0.3 is 12.1 Å². The number of likely N-dealkylation sites (N-methyl/N-ethyl adjacent to an activating group) is 2. The number of piperazine rings is 1. The van der Waals surface area contributed by atoms with Crippen LogP contribution in [0.3, 0.4) is 0 Å². The van der Waals surface area contributed by atoms with E-state index >= 15 is 0 Å². The average Bonchev–Trinajstić information content (AvgIpc) is 2.73. The predicted octanol–water partition coefficient (Wildman–Crippen LogP) is 1.72. The highest BCUT2D eigenvalue weighted by molar-refractivity contribution is 6.02. The molecule has 32 heavy (non-hydrogen) atoms. The topological polar surface area (TPSA) is 111 Å². The van der Waals surface area contributed by atoms with Gasteiger partial charge in [-0.15, -0.1) is 0 Å². The maximum absolute atomic E-state index is 11.7. The summed E-state index contributed by atoms with van der Waals surface area (Å²) in [5.74, 6) is -2.43. The zero-order valence-electron chi connectivity index (χ0n) is 18.4. The largest absolute Gasteiger partial charge is 0.495 e. The molecular formula is C20H30F3N5O4. The first kappa shape index (κ1) is 27.0. The Morgan fingerprint density at radius 3 is 2.34 bits per heavy atom. The number of halogens is 3. The van der Waals surface area contributed by atoms with Gasteiger partial charge in [-0.05, 0) is 19.2 Å². The molecule has 1 saturated heterocycles. The van der Waals surface area contributed by atoms with Crippen molar-refractivity contribution in [3.8, 4) is 5.75 Å². The number of nitrogens with two attached hydrogens (primary N) is 1. The fourth-order valence-electron chi connectivity index (χ4n) is 2.85. The Morgan fingerprint density at radius 2 is 1.88 bits per heavy atom. The van der Waals surface area contributed by atoms with Gasteiger partial charge in [-0.1, -0.05) is 6.58 Å². The minimum Gasteiger partial charge on any atom is -0.495 e. The van der Waals surface area contributed by atoms with Gasteiger partial charge in [0.05, 0.1) is 24.2 Å². The highest BCUT2D eigenvalue weighted by Gasteiger charge is 2.38. The van der Waals surface area contributed by atoms with Crippen LogP contribution in [0.4, 0.5) is 30.2 Å². The quantitative estimate of drug-likeness (QED) is 0.416. The van der Waals surface area contributed by atoms with Gasteiger partial charge in [0.25, 0.3) is 0 Å². The number of benzene rings is 1. The number of carboxylic acids is 1. The van der Waals surface area contributed by atoms with Crippen molar-refractivity contribution in [1.82, 2.24) is 9.80 Å². The lowest BCUT2D eigenvalue weighted by atomic mass is 10.2. The standard InChI is InChI=1S/C18H29N5O2.C2HF3O2/c1-5-18(24)20-15-12-14(19)17(25-4)13-16(15)22(3)8-11-23-9-6-21(2)7-10-23;3-2(4,5)1(6)7/h5,12-13H,1,6-11,19H2,2-4H3,(H,20,24);(H,6,7). The molecule has 0 radical (unpaired) electrons. The summed E-state index contributed by atoms with van der Waals surface area (Å²) in [6.07, 6.45) is -3.84. The minimum absolute atomic E-state index is 0.265. The SMILES string of the molecule is C=CC(=O)Nc1cc(N)c(OC)cc1N(C)CCN1CCN(C)CC1.O=C(O)C(F)(F)F. The zero-order chi connectivity index (χ0) is 24.5. The number of nitrogen functional groups attached to an aromatic ring is 1. The maximum Gasteiger partial charge on any atom is 0.490 e. The number of aliphatic carboxylic acids is 1. The summed E-state index contributed by atoms with van der Waals surface area (Å²) in [4.78, 5) is 27.5. The molecule has 1 amide bonds. The van der Waals surface area contributed by atoms with Crippen LogP contribution in [0, 0.1) is 0 Å². The number of carbonyl (C=O) groups excluding carboxylic acids is 1. The Kier molecular flexibility index (Phi) is 10.3. The number of methoxy groups -OCH3 is 1. The highest BCUT2D eigenvalue weighted by Crippen LogP contribution is 2.35. The van der Waals surface area contributed by atoms with Gasteiger partial charge in [-0.2, -0.15) is 13.2 Å². The van der Waals surface area contributed by atoms with Crippen LogP contribution in [0.25, 0.3) is 0 Å². The number of nitrogens with zero attached hydrogens (tertiary/aromatic N) is 3. The molecule has 0 aliphatic carbocycles. The first-order valence-electron chi connectivity index (χ1n) is 9.72. The fraction of sp³-hybridized carbons (Fsp3) is 0.500. The number of anilines is 3. The van der Waals surface area contributed by atoms with Crippen molar-refractivity contribution in [3.63, 3.8) is 0 Å². The molecular weight excluding hydrogens is 431 g/mol. The molecule has 0 saturated carbocycles. The number of ether oxygens (including phenoxy) is 1. The highest BCUT2D eigenvalue weighted by atomic mass is 19.4. The minimum atomic E-state index is -5.08. The summed E-state index contributed by atoms with van der Waals surface area (Å²) in [6.45, 7) is 9.66. The molecule has 1 aliphatic rings. The van der Waals surface area contributed by atoms with Crippen LogP contribution in [0.5, 0.6) is 5.75 Å². The van der Waals surface area contributed by atoms with Crippen molar-refractivity contribution >= 4 is 28.9 Å². The molecule has 1 aromatic carbocycles. The molecule has 9 nitrogen and oxygen atoms in total. The lowest BCUT2D eigenvalue weighted by Crippen LogP contribution is -2.46. The average molecular weight is 461 g/mol. The third-order valence-electron chi connectivity index (χ3n) is 4.79. The Morgan fingerprint density at radius 1 is 1.31 bits per heavy atom. The van der Waals surface area contributed by atoms with E-state index in [1.165, 1.54) is 6.08 Å². The van der Waals surface area contributed by atoms with Crippen LogP contribution in [-0.2, 0) is 9.59 Å². The van der Waals surface area contributed by atoms with Gasteiger partial charge in [-0.3, -0.25) is 9.69 Å². The van der Waals surface area contributed by atoms with E-state index in [2.05, 4.69) is 33.6 Å². The predicted molar refractivity (Wildman–Crippen MR) is 117 cm³/mol. The number of hydrogen-bond acceptors (Lipinski definition) is 7. The van der Waals surface area contributed by atoms with E-state index in [0.717, 1.165) is 45.0 Å². The van der Waals surface area contributed by atoms with Crippen LogP contribution >= 0.6 is 0 Å². The van der Waals surface area contributed by atoms with Gasteiger partial charge in [0, 0.05) is 52.4 Å². The molecule has 1 heterocycles. The molecule has 180 valence electrons. The third-order valence-corrected chi connectivity index (χ3v) is 4.79. The Bertz CT molecular complexity index is 796. The van der Waals surface area contributed by atoms with E-state index in [9.17, 15) is 18.0 Å². The fourth-order valence-corrected chi connectivity index (χ4v) is 2.85. The molecule has 0 unspecified atom stereocenters. The van der Waals surface area contributed by atoms with E-state index in [1.807, 2.05) is 13.1 Å². The molecule has 0 atom stereocenters. The molecule has 0 aromatic heterocycles. The van der Waals surface area contributed by atoms with Gasteiger partial charge in [0.15, 0.2) is 0 Å². The molecule has 1 fully saturated rings. The van der Waals surface area contributed by atoms with Crippen molar-refractivity contribution < 1.29 is 32.6 Å². The first-order chi connectivity index (χ1) is 14.9. The Balaban J connectivity index is 0.000000633. The zero-order valence-corrected chi connectivity index (χ0v) is 18.4. The van der Waals surface area contributed by atoms with Crippen LogP contribution in [-0.4, -0.2) is 93.4 Å². The number of amides is 1. The summed E-state index contributed by atoms with van der Waals surface area (Å²) in [5.41, 5.74) is 8.00. The van der Waals surface area contributed by atoms with E-state index < -0.39 is 12.1 Å². The van der Waals surface area contributed by atoms with Gasteiger partial charge in [0.1, 0.15) is 5.75 Å². The van der Waals surface area contributed by atoms with Gasteiger partial charge in [0.2, 0.25) is 5.91 Å². The van der Waals surface area contributed by atoms with Crippen LogP contribution < -0.4 is 20.7 Å². The lowest BCUT2D eigenvalue weighted by Gasteiger charge is -2.34. The molecule has 1 aromatic rings. The van der Waals surface area contributed by atoms with Gasteiger partial charge < -0.3 is 30.7 Å². The summed E-state index contributed by atoms with van der Waals surface area (Å²) in [6, 6.07) is 3.58. The van der Waals surface area contributed by atoms with E-state index in [1.54, 1.807) is 13.2 Å². The summed E-state index contributed by atoms with van der Waals surface area (Å²) < 4.78 is 37.1. The molecule has 2 rings (SSSR count). The normalized spacial score (nSPS) is 14.7. The second-order valence-electron chi connectivity index (χ2n) is 7.17. The molecule has 4 N–H and O–H groups in total. The first-order valence-corrected chi connectivity index (χ1v) is 9.72. The molecule has 1 aliphatic heterocycles. The summed E-state index contributed by atoms with van der Waals surface area (Å²) in [7, 11) is 5.74. The summed E-state index contributed by atoms with van der Waals surface area (Å²) in [5, 5.41) is 9.95. The van der Waals surface area contributed by atoms with E-state index in [-0.39, 0.29) is 5.91 Å². The van der Waals surface area contributed by atoms with Crippen molar-refractivity contribution in [2.75, 3.05) is 76.4 Å². The number of carboxylic acid groups (broad SMARTS) is 1. The molecule has 0 bridgehead atoms. The second-order valence-corrected chi connectivity index (χ2v) is 7.17. The van der Waals surface area contributed by atoms with Crippen LogP contribution in [0.2, 0.25) is 0 Å². The van der Waals surface area contributed by atoms with Crippen molar-refractivity contribution in [1.29, 1.82) is 0 Å². The van der Waals surface area contributed by atoms with Gasteiger partial charge in [-0.25, -0.2) is 4.79 Å². The van der Waals surface area contributed by atoms with Crippen LogP contribution in [0.15, 0.2) is 24.8 Å². The number of rotatable bonds is 7. The molecule has 12 heteroatoms. The number of alkyl halides is 3. The van der Waals surface area contributed by atoms with Crippen molar-refractivity contribution in [3.05, 3.63) is 24.8 Å². The smallest absolute Gasteiger partial charge is 0.490 e. The molecule has 0 spiro atoms. The van der Waals surface area contributed by atoms with E-state index in [4.69, 9.17) is 20.4 Å². The van der Waals surface area contributed by atoms with Crippen LogP contribution in [0.1, 0.15) is 0 Å². The number of nitrogens with one attached hydrogen (secondary N) is 1. The second kappa shape index (κ2) is 12.2. The Labute approximate surface area is 185 Å². The summed E-state index contributed by atoms with van der Waals surface area (Å²) >= 11 is 0. The third kappa shape index (κ3) is 8.63.